The molecule has 0 rings (SSSR count). The second-order valence-corrected chi connectivity index (χ2v) is 3.41. The Morgan fingerprint density at radius 3 is 2.00 bits per heavy atom. The van der Waals surface area contributed by atoms with Gasteiger partial charge in [0.05, 0.1) is 0 Å². The quantitative estimate of drug-likeness (QED) is 0.384. The molecule has 0 aromatic rings. The van der Waals surface area contributed by atoms with E-state index < -0.39 is 0 Å². The van der Waals surface area contributed by atoms with E-state index in [4.69, 9.17) is 0 Å². The van der Waals surface area contributed by atoms with Crippen LogP contribution < -0.4 is 0 Å². The van der Waals surface area contributed by atoms with Crippen LogP contribution in [0.5, 0.6) is 0 Å². The number of unbranched alkanes of at least 4 members (excludes halogenated alkanes) is 3. The van der Waals surface area contributed by atoms with Crippen molar-refractivity contribution >= 4 is 0 Å². The topological polar surface area (TPSA) is 0 Å². The van der Waals surface area contributed by atoms with Crippen molar-refractivity contribution in [2.24, 2.45) is 0 Å². The summed E-state index contributed by atoms with van der Waals surface area (Å²) in [5.41, 5.74) is 0. The number of hydrogen-bond donors (Lipinski definition) is 0. The fourth-order valence-electron chi connectivity index (χ4n) is 1.12. The van der Waals surface area contributed by atoms with E-state index >= 15 is 0 Å². The van der Waals surface area contributed by atoms with Gasteiger partial charge in [-0.1, -0.05) is 68.4 Å². The van der Waals surface area contributed by atoms with E-state index in [2.05, 4.69) is 32.1 Å². The average Bonchev–Trinajstić information content (AvgIpc) is 2.26. The fourth-order valence-corrected chi connectivity index (χ4v) is 1.12. The zero-order valence-electron chi connectivity index (χ0n) is 9.86. The average molecular weight is 203 g/mol. The van der Waals surface area contributed by atoms with Crippen LogP contribution in [0.25, 0.3) is 0 Å². The van der Waals surface area contributed by atoms with Gasteiger partial charge in [0.2, 0.25) is 0 Å². The van der Waals surface area contributed by atoms with Crippen LogP contribution in [0.4, 0.5) is 0 Å². The lowest BCUT2D eigenvalue weighted by Crippen LogP contribution is -1.69. The van der Waals surface area contributed by atoms with E-state index in [-0.39, 0.29) is 0 Å². The maximum Gasteiger partial charge on any atom is -0.0347 e. The number of allylic oxidation sites excluding steroid dienone is 8. The highest BCUT2D eigenvalue weighted by molar-refractivity contribution is 5.15. The molecular formula is C15H23. The van der Waals surface area contributed by atoms with Crippen LogP contribution in [-0.2, 0) is 0 Å². The highest BCUT2D eigenvalue weighted by atomic mass is 13.9. The molecule has 15 heavy (non-hydrogen) atoms. The van der Waals surface area contributed by atoms with E-state index in [1.54, 1.807) is 0 Å². The minimum atomic E-state index is 0.853. The van der Waals surface area contributed by atoms with Gasteiger partial charge in [0.1, 0.15) is 0 Å². The molecule has 0 nitrogen and oxygen atoms in total. The summed E-state index contributed by atoms with van der Waals surface area (Å²) < 4.78 is 0. The van der Waals surface area contributed by atoms with Crippen molar-refractivity contribution in [3.8, 4) is 0 Å². The lowest BCUT2D eigenvalue weighted by atomic mass is 10.2. The predicted molar refractivity (Wildman–Crippen MR) is 70.7 cm³/mol. The normalized spacial score (nSPS) is 12.9. The molecule has 0 saturated carbocycles. The first-order valence-corrected chi connectivity index (χ1v) is 5.86. The third-order valence-electron chi connectivity index (χ3n) is 1.97. The Labute approximate surface area is 95.1 Å². The zero-order valence-corrected chi connectivity index (χ0v) is 9.86. The molecule has 0 bridgehead atoms. The molecule has 0 spiro atoms. The molecular weight excluding hydrogens is 180 g/mol. The summed E-state index contributed by atoms with van der Waals surface area (Å²) in [6, 6.07) is 0. The van der Waals surface area contributed by atoms with Gasteiger partial charge in [-0.2, -0.15) is 0 Å². The summed E-state index contributed by atoms with van der Waals surface area (Å²) in [7, 11) is 0. The summed E-state index contributed by atoms with van der Waals surface area (Å²) in [4.78, 5) is 0. The lowest BCUT2D eigenvalue weighted by molar-refractivity contribution is 0.729. The maximum atomic E-state index is 3.72. The molecule has 0 heterocycles. The van der Waals surface area contributed by atoms with E-state index in [1.165, 1.54) is 25.7 Å². The van der Waals surface area contributed by atoms with E-state index in [1.807, 2.05) is 30.4 Å². The fraction of sp³-hybridized carbons (Fsp3) is 0.400. The molecule has 0 aromatic carbocycles. The van der Waals surface area contributed by atoms with Crippen LogP contribution in [-0.4, -0.2) is 0 Å². The first-order valence-electron chi connectivity index (χ1n) is 5.86. The Bertz CT molecular complexity index is 216. The maximum absolute atomic E-state index is 3.72. The van der Waals surface area contributed by atoms with Crippen molar-refractivity contribution in [1.82, 2.24) is 0 Å². The summed E-state index contributed by atoms with van der Waals surface area (Å²) in [6.07, 6.45) is 22.6. The minimum Gasteiger partial charge on any atom is -0.0845 e. The molecule has 0 saturated heterocycles. The van der Waals surface area contributed by atoms with Crippen molar-refractivity contribution in [1.29, 1.82) is 0 Å². The molecule has 0 aliphatic carbocycles. The largest absolute Gasteiger partial charge is 0.0845 e. The van der Waals surface area contributed by atoms with Gasteiger partial charge in [0, 0.05) is 0 Å². The van der Waals surface area contributed by atoms with Crippen LogP contribution in [0.3, 0.4) is 0 Å². The van der Waals surface area contributed by atoms with Crippen LogP contribution in [0.1, 0.15) is 39.0 Å². The van der Waals surface area contributed by atoms with Crippen molar-refractivity contribution < 1.29 is 0 Å². The van der Waals surface area contributed by atoms with Gasteiger partial charge < -0.3 is 0 Å². The molecule has 0 atom stereocenters. The van der Waals surface area contributed by atoms with Gasteiger partial charge >= 0.3 is 0 Å². The highest BCUT2D eigenvalue weighted by Gasteiger charge is 1.79. The van der Waals surface area contributed by atoms with Crippen LogP contribution in [0, 0.1) is 6.92 Å². The summed E-state index contributed by atoms with van der Waals surface area (Å²) in [5, 5.41) is 0. The van der Waals surface area contributed by atoms with Gasteiger partial charge in [0.25, 0.3) is 0 Å². The Balaban J connectivity index is 3.44. The summed E-state index contributed by atoms with van der Waals surface area (Å²) in [5.74, 6) is 0. The van der Waals surface area contributed by atoms with Crippen LogP contribution >= 0.6 is 0 Å². The third kappa shape index (κ3) is 13.0. The first kappa shape index (κ1) is 14.0. The monoisotopic (exact) mass is 203 g/mol. The summed E-state index contributed by atoms with van der Waals surface area (Å²) in [6.45, 7) is 5.95. The first-order chi connectivity index (χ1) is 7.41. The second kappa shape index (κ2) is 13.0. The lowest BCUT2D eigenvalue weighted by Gasteiger charge is -1.89. The van der Waals surface area contributed by atoms with Crippen molar-refractivity contribution in [3.63, 3.8) is 0 Å². The zero-order chi connectivity index (χ0) is 11.2. The molecule has 1 radical (unpaired) electrons. The summed E-state index contributed by atoms with van der Waals surface area (Å²) >= 11 is 0. The Kier molecular flexibility index (Phi) is 12.1. The minimum absolute atomic E-state index is 0.853. The Morgan fingerprint density at radius 2 is 1.40 bits per heavy atom. The standard InChI is InChI=1S/C15H23/c1-3-5-7-9-11-13-15-14-12-10-8-6-4-2/h5,7,9,11-15H,1,3-4,6,8,10H2,2H3/b7-5+,11-9+,14-12+,15-13+. The van der Waals surface area contributed by atoms with Crippen molar-refractivity contribution in [2.75, 3.05) is 0 Å². The highest BCUT2D eigenvalue weighted by Crippen LogP contribution is 1.99. The van der Waals surface area contributed by atoms with Gasteiger partial charge in [-0.05, 0) is 26.2 Å². The smallest absolute Gasteiger partial charge is 0.0347 e. The molecule has 0 aliphatic heterocycles. The van der Waals surface area contributed by atoms with Crippen molar-refractivity contribution in [2.45, 2.75) is 39.0 Å². The van der Waals surface area contributed by atoms with Gasteiger partial charge in [0.15, 0.2) is 0 Å². The molecule has 0 aromatic heterocycles. The van der Waals surface area contributed by atoms with Gasteiger partial charge in [-0.3, -0.25) is 0 Å². The van der Waals surface area contributed by atoms with Crippen molar-refractivity contribution in [3.05, 3.63) is 55.5 Å². The number of rotatable bonds is 8. The molecule has 83 valence electrons. The molecule has 0 amide bonds. The second-order valence-electron chi connectivity index (χ2n) is 3.41. The molecule has 0 unspecified atom stereocenters. The third-order valence-corrected chi connectivity index (χ3v) is 1.97. The van der Waals surface area contributed by atoms with E-state index in [0.29, 0.717) is 0 Å². The molecule has 0 fully saturated rings. The molecule has 0 heteroatoms. The van der Waals surface area contributed by atoms with Crippen LogP contribution in [0.15, 0.2) is 48.6 Å². The van der Waals surface area contributed by atoms with E-state index in [9.17, 15) is 0 Å². The Hall–Kier alpha value is -1.04. The van der Waals surface area contributed by atoms with Gasteiger partial charge in [-0.25, -0.2) is 0 Å². The molecule has 0 aliphatic rings. The predicted octanol–water partition coefficient (Wildman–Crippen LogP) is 5.02. The number of hydrogen-bond acceptors (Lipinski definition) is 0. The van der Waals surface area contributed by atoms with Crippen LogP contribution in [0.2, 0.25) is 0 Å². The van der Waals surface area contributed by atoms with Gasteiger partial charge in [-0.15, -0.1) is 0 Å². The SMILES string of the molecule is [CH2]C/C=C/C=C/C=C/C=C/CCCCC. The van der Waals surface area contributed by atoms with E-state index in [0.717, 1.165) is 6.42 Å². The molecule has 0 N–H and O–H groups in total. The Morgan fingerprint density at radius 1 is 0.800 bits per heavy atom.